The molecule has 0 aromatic carbocycles. The lowest BCUT2D eigenvalue weighted by atomic mass is 10.1. The highest BCUT2D eigenvalue weighted by molar-refractivity contribution is 8.04. The quantitative estimate of drug-likeness (QED) is 0.501. The summed E-state index contributed by atoms with van der Waals surface area (Å²) in [6, 6.07) is 0. The molecule has 0 radical (unpaired) electrons. The normalized spacial score (nSPS) is 30.4. The minimum Gasteiger partial charge on any atom is -0.289 e. The van der Waals surface area contributed by atoms with Crippen molar-refractivity contribution in [3.63, 3.8) is 0 Å². The molecule has 64 valence electrons. The summed E-state index contributed by atoms with van der Waals surface area (Å²) in [5.74, 6) is 1.56. The second-order valence-electron chi connectivity index (χ2n) is 2.44. The smallest absolute Gasteiger partial charge is 0.260 e. The fourth-order valence-corrected chi connectivity index (χ4v) is 3.71. The third-order valence-corrected chi connectivity index (χ3v) is 4.58. The third kappa shape index (κ3) is 1.65. The molecule has 1 saturated heterocycles. The van der Waals surface area contributed by atoms with Crippen LogP contribution >= 0.6 is 23.5 Å². The molecule has 0 saturated carbocycles. The molecule has 0 bridgehead atoms. The first-order valence-corrected chi connectivity index (χ1v) is 5.70. The van der Waals surface area contributed by atoms with Gasteiger partial charge in [0.2, 0.25) is 0 Å². The summed E-state index contributed by atoms with van der Waals surface area (Å²) in [6.07, 6.45) is 2.76. The standard InChI is InChI=1S/C6H11NO2S2/c1-10-6(5(8)7-9)2-3-11-4-6/h9H,2-4H2,1H3,(H,7,8). The van der Waals surface area contributed by atoms with E-state index in [0.29, 0.717) is 0 Å². The molecule has 0 aromatic rings. The Kier molecular flexibility index (Phi) is 3.09. The molecule has 3 nitrogen and oxygen atoms in total. The highest BCUT2D eigenvalue weighted by atomic mass is 32.2. The van der Waals surface area contributed by atoms with Crippen LogP contribution in [0.15, 0.2) is 0 Å². The van der Waals surface area contributed by atoms with Gasteiger partial charge in [0, 0.05) is 5.75 Å². The molecular weight excluding hydrogens is 182 g/mol. The predicted molar refractivity (Wildman–Crippen MR) is 48.1 cm³/mol. The summed E-state index contributed by atoms with van der Waals surface area (Å²) >= 11 is 3.28. The van der Waals surface area contributed by atoms with Gasteiger partial charge in [0.05, 0.1) is 0 Å². The van der Waals surface area contributed by atoms with Gasteiger partial charge in [-0.2, -0.15) is 11.8 Å². The number of hydrogen-bond acceptors (Lipinski definition) is 4. The lowest BCUT2D eigenvalue weighted by molar-refractivity contribution is -0.131. The minimum atomic E-state index is -0.376. The number of amides is 1. The molecule has 2 N–H and O–H groups in total. The number of thioether (sulfide) groups is 2. The van der Waals surface area contributed by atoms with Crippen LogP contribution in [0.2, 0.25) is 0 Å². The third-order valence-electron chi connectivity index (χ3n) is 1.89. The van der Waals surface area contributed by atoms with E-state index in [0.717, 1.165) is 17.9 Å². The average Bonchev–Trinajstić information content (AvgIpc) is 2.52. The van der Waals surface area contributed by atoms with Crippen molar-refractivity contribution in [1.82, 2.24) is 5.48 Å². The Hall–Kier alpha value is 0.130. The van der Waals surface area contributed by atoms with Crippen LogP contribution in [0, 0.1) is 0 Å². The molecule has 1 atom stereocenters. The molecular formula is C6H11NO2S2. The lowest BCUT2D eigenvalue weighted by Crippen LogP contribution is -2.42. The zero-order valence-corrected chi connectivity index (χ0v) is 7.93. The number of carbonyl (C=O) groups excluding carboxylic acids is 1. The van der Waals surface area contributed by atoms with E-state index >= 15 is 0 Å². The van der Waals surface area contributed by atoms with Gasteiger partial charge in [0.25, 0.3) is 5.91 Å². The molecule has 1 aliphatic rings. The van der Waals surface area contributed by atoms with Gasteiger partial charge in [0.15, 0.2) is 0 Å². The van der Waals surface area contributed by atoms with Gasteiger partial charge in [0.1, 0.15) is 4.75 Å². The molecule has 5 heteroatoms. The average molecular weight is 193 g/mol. The van der Waals surface area contributed by atoms with Crippen LogP contribution in [0.25, 0.3) is 0 Å². The molecule has 1 rings (SSSR count). The van der Waals surface area contributed by atoms with Gasteiger partial charge < -0.3 is 0 Å². The van der Waals surface area contributed by atoms with Crippen LogP contribution in [-0.4, -0.2) is 33.6 Å². The SMILES string of the molecule is CSC1(C(=O)NO)CCSC1. The van der Waals surface area contributed by atoms with Gasteiger partial charge in [-0.3, -0.25) is 10.0 Å². The second-order valence-corrected chi connectivity index (χ2v) is 4.74. The van der Waals surface area contributed by atoms with Crippen molar-refractivity contribution in [2.75, 3.05) is 17.8 Å². The molecule has 1 amide bonds. The first kappa shape index (κ1) is 9.22. The van der Waals surface area contributed by atoms with E-state index in [9.17, 15) is 4.79 Å². The molecule has 0 aromatic heterocycles. The monoisotopic (exact) mass is 193 g/mol. The van der Waals surface area contributed by atoms with Crippen LogP contribution in [0.5, 0.6) is 0 Å². The highest BCUT2D eigenvalue weighted by Gasteiger charge is 2.40. The van der Waals surface area contributed by atoms with Crippen molar-refractivity contribution >= 4 is 29.4 Å². The molecule has 1 fully saturated rings. The Bertz CT molecular complexity index is 157. The Balaban J connectivity index is 2.66. The first-order chi connectivity index (χ1) is 5.25. The second kappa shape index (κ2) is 3.69. The van der Waals surface area contributed by atoms with Crippen molar-refractivity contribution < 1.29 is 10.0 Å². The van der Waals surface area contributed by atoms with Crippen molar-refractivity contribution in [2.24, 2.45) is 0 Å². The number of carbonyl (C=O) groups is 1. The molecule has 0 aliphatic carbocycles. The topological polar surface area (TPSA) is 49.3 Å². The molecule has 1 aliphatic heterocycles. The number of hydrogen-bond donors (Lipinski definition) is 2. The Morgan fingerprint density at radius 1 is 1.82 bits per heavy atom. The van der Waals surface area contributed by atoms with E-state index in [1.807, 2.05) is 6.26 Å². The van der Waals surface area contributed by atoms with E-state index in [2.05, 4.69) is 0 Å². The Labute approximate surface area is 74.3 Å². The minimum absolute atomic E-state index is 0.255. The molecule has 1 unspecified atom stereocenters. The van der Waals surface area contributed by atoms with E-state index in [-0.39, 0.29) is 10.7 Å². The van der Waals surface area contributed by atoms with E-state index in [1.54, 1.807) is 17.2 Å². The van der Waals surface area contributed by atoms with Crippen LogP contribution in [0.1, 0.15) is 6.42 Å². The van der Waals surface area contributed by atoms with Gasteiger partial charge >= 0.3 is 0 Å². The molecule has 1 heterocycles. The largest absolute Gasteiger partial charge is 0.289 e. The summed E-state index contributed by atoms with van der Waals surface area (Å²) in [4.78, 5) is 11.2. The van der Waals surface area contributed by atoms with Gasteiger partial charge in [-0.05, 0) is 18.4 Å². The van der Waals surface area contributed by atoms with Gasteiger partial charge in [-0.25, -0.2) is 5.48 Å². The fourth-order valence-electron chi connectivity index (χ4n) is 1.08. The number of rotatable bonds is 2. The maximum Gasteiger partial charge on any atom is 0.260 e. The Morgan fingerprint density at radius 3 is 2.91 bits per heavy atom. The molecule has 11 heavy (non-hydrogen) atoms. The maximum absolute atomic E-state index is 11.2. The number of nitrogens with one attached hydrogen (secondary N) is 1. The van der Waals surface area contributed by atoms with Crippen LogP contribution in [0.4, 0.5) is 0 Å². The van der Waals surface area contributed by atoms with Crippen LogP contribution < -0.4 is 5.48 Å². The van der Waals surface area contributed by atoms with Crippen LogP contribution in [-0.2, 0) is 4.79 Å². The summed E-state index contributed by atoms with van der Waals surface area (Å²) < 4.78 is -0.376. The maximum atomic E-state index is 11.2. The summed E-state index contributed by atoms with van der Waals surface area (Å²) in [5, 5.41) is 8.47. The van der Waals surface area contributed by atoms with E-state index in [4.69, 9.17) is 5.21 Å². The van der Waals surface area contributed by atoms with Crippen molar-refractivity contribution in [1.29, 1.82) is 0 Å². The highest BCUT2D eigenvalue weighted by Crippen LogP contribution is 2.38. The van der Waals surface area contributed by atoms with Gasteiger partial charge in [-0.15, -0.1) is 11.8 Å². The zero-order valence-electron chi connectivity index (χ0n) is 6.29. The van der Waals surface area contributed by atoms with E-state index < -0.39 is 0 Å². The fraction of sp³-hybridized carbons (Fsp3) is 0.833. The Morgan fingerprint density at radius 2 is 2.55 bits per heavy atom. The summed E-state index contributed by atoms with van der Waals surface area (Å²) in [5.41, 5.74) is 1.73. The summed E-state index contributed by atoms with van der Waals surface area (Å²) in [7, 11) is 0. The first-order valence-electron chi connectivity index (χ1n) is 3.32. The van der Waals surface area contributed by atoms with Crippen LogP contribution in [0.3, 0.4) is 0 Å². The lowest BCUT2D eigenvalue weighted by Gasteiger charge is -2.22. The van der Waals surface area contributed by atoms with Gasteiger partial charge in [-0.1, -0.05) is 0 Å². The summed E-state index contributed by atoms with van der Waals surface area (Å²) in [6.45, 7) is 0. The zero-order chi connectivity index (χ0) is 8.32. The molecule has 0 spiro atoms. The number of hydroxylamine groups is 1. The van der Waals surface area contributed by atoms with Crippen molar-refractivity contribution in [3.8, 4) is 0 Å². The van der Waals surface area contributed by atoms with Crippen molar-refractivity contribution in [2.45, 2.75) is 11.2 Å². The van der Waals surface area contributed by atoms with E-state index in [1.165, 1.54) is 11.8 Å². The predicted octanol–water partition coefficient (Wildman–Crippen LogP) is 0.730. The van der Waals surface area contributed by atoms with Crippen molar-refractivity contribution in [3.05, 3.63) is 0 Å².